The average Bonchev–Trinajstić information content (AvgIpc) is 2.22. The first-order valence-electron chi connectivity index (χ1n) is 5.72. The summed E-state index contributed by atoms with van der Waals surface area (Å²) in [4.78, 5) is 0. The molecule has 2 aromatic carbocycles. The van der Waals surface area contributed by atoms with Gasteiger partial charge in [-0.15, -0.1) is 0 Å². The number of fused-ring (bicyclic) bond motifs is 1. The monoisotopic (exact) mass is 198 g/mol. The van der Waals surface area contributed by atoms with Gasteiger partial charge in [0, 0.05) is 0 Å². The van der Waals surface area contributed by atoms with E-state index in [9.17, 15) is 0 Å². The molecule has 0 radical (unpaired) electrons. The van der Waals surface area contributed by atoms with Crippen LogP contribution in [-0.4, -0.2) is 0 Å². The lowest BCUT2D eigenvalue weighted by atomic mass is 9.95. The van der Waals surface area contributed by atoms with E-state index in [-0.39, 0.29) is 0 Å². The van der Waals surface area contributed by atoms with Gasteiger partial charge in [-0.05, 0) is 47.7 Å². The van der Waals surface area contributed by atoms with Gasteiger partial charge in [0.2, 0.25) is 0 Å². The molecule has 2 rings (SSSR count). The van der Waals surface area contributed by atoms with Crippen molar-refractivity contribution >= 4 is 10.8 Å². The molecular weight excluding hydrogens is 180 g/mol. The number of benzene rings is 2. The summed E-state index contributed by atoms with van der Waals surface area (Å²) in [5, 5.41) is 2.89. The minimum atomic E-state index is 1.18. The molecule has 0 aliphatic heterocycles. The van der Waals surface area contributed by atoms with Crippen LogP contribution in [0.4, 0.5) is 0 Å². The van der Waals surface area contributed by atoms with Gasteiger partial charge in [0.15, 0.2) is 0 Å². The molecule has 0 aliphatic carbocycles. The third-order valence-corrected chi connectivity index (χ3v) is 3.07. The zero-order valence-electron chi connectivity index (χ0n) is 9.80. The summed E-state index contributed by atoms with van der Waals surface area (Å²) < 4.78 is 0. The Bertz CT molecular complexity index is 472. The van der Waals surface area contributed by atoms with Gasteiger partial charge >= 0.3 is 0 Å². The molecule has 0 heteroatoms. The van der Waals surface area contributed by atoms with Crippen molar-refractivity contribution in [3.05, 3.63) is 47.0 Å². The smallest absolute Gasteiger partial charge is 0.0123 e. The molecule has 0 fully saturated rings. The molecule has 0 aromatic heterocycles. The molecule has 78 valence electrons. The standard InChI is InChI=1S/C15H18/c1-4-6-13-10-9-12(3)15-11(2)7-5-8-14(13)15/h5,7-10H,4,6H2,1-3H3. The largest absolute Gasteiger partial charge is 0.0651 e. The van der Waals surface area contributed by atoms with E-state index in [2.05, 4.69) is 51.1 Å². The van der Waals surface area contributed by atoms with Crippen LogP contribution in [0.1, 0.15) is 30.0 Å². The van der Waals surface area contributed by atoms with E-state index in [4.69, 9.17) is 0 Å². The van der Waals surface area contributed by atoms with E-state index in [0.717, 1.165) is 0 Å². The van der Waals surface area contributed by atoms with Crippen LogP contribution in [0, 0.1) is 13.8 Å². The maximum atomic E-state index is 2.28. The number of hydrogen-bond acceptors (Lipinski definition) is 0. The van der Waals surface area contributed by atoms with Crippen LogP contribution in [0.3, 0.4) is 0 Å². The van der Waals surface area contributed by atoms with Crippen molar-refractivity contribution in [2.75, 3.05) is 0 Å². The summed E-state index contributed by atoms with van der Waals surface area (Å²) in [6.07, 6.45) is 2.40. The van der Waals surface area contributed by atoms with Gasteiger partial charge in [-0.1, -0.05) is 43.7 Å². The first kappa shape index (κ1) is 10.2. The average molecular weight is 198 g/mol. The first-order valence-corrected chi connectivity index (χ1v) is 5.72. The normalized spacial score (nSPS) is 10.9. The van der Waals surface area contributed by atoms with Crippen LogP contribution in [0.15, 0.2) is 30.3 Å². The summed E-state index contributed by atoms with van der Waals surface area (Å²) in [6.45, 7) is 6.64. The van der Waals surface area contributed by atoms with Crippen LogP contribution >= 0.6 is 0 Å². The Morgan fingerprint density at radius 2 is 1.67 bits per heavy atom. The Morgan fingerprint density at radius 3 is 2.40 bits per heavy atom. The second-order valence-electron chi connectivity index (χ2n) is 4.29. The predicted molar refractivity (Wildman–Crippen MR) is 67.4 cm³/mol. The molecular formula is C15H18. The van der Waals surface area contributed by atoms with Crippen molar-refractivity contribution in [2.24, 2.45) is 0 Å². The van der Waals surface area contributed by atoms with E-state index < -0.39 is 0 Å². The molecule has 0 bridgehead atoms. The number of hydrogen-bond donors (Lipinski definition) is 0. The zero-order valence-corrected chi connectivity index (χ0v) is 9.80. The van der Waals surface area contributed by atoms with Crippen molar-refractivity contribution in [3.63, 3.8) is 0 Å². The molecule has 0 atom stereocenters. The van der Waals surface area contributed by atoms with Gasteiger partial charge < -0.3 is 0 Å². The minimum absolute atomic E-state index is 1.18. The van der Waals surface area contributed by atoms with E-state index in [0.29, 0.717) is 0 Å². The molecule has 0 heterocycles. The summed E-state index contributed by atoms with van der Waals surface area (Å²) >= 11 is 0. The molecule has 0 saturated carbocycles. The Labute approximate surface area is 91.9 Å². The van der Waals surface area contributed by atoms with Crippen molar-refractivity contribution in [3.8, 4) is 0 Å². The summed E-state index contributed by atoms with van der Waals surface area (Å²) in [6, 6.07) is 11.1. The first-order chi connectivity index (χ1) is 7.24. The van der Waals surface area contributed by atoms with E-state index in [1.54, 1.807) is 0 Å². The highest BCUT2D eigenvalue weighted by molar-refractivity contribution is 5.91. The van der Waals surface area contributed by atoms with E-state index in [1.165, 1.54) is 40.3 Å². The Morgan fingerprint density at radius 1 is 0.933 bits per heavy atom. The number of rotatable bonds is 2. The minimum Gasteiger partial charge on any atom is -0.0651 e. The van der Waals surface area contributed by atoms with Crippen molar-refractivity contribution in [2.45, 2.75) is 33.6 Å². The maximum Gasteiger partial charge on any atom is -0.0123 e. The fourth-order valence-corrected chi connectivity index (χ4v) is 2.34. The fraction of sp³-hybridized carbons (Fsp3) is 0.333. The Balaban J connectivity index is 2.76. The molecule has 0 unspecified atom stereocenters. The van der Waals surface area contributed by atoms with Crippen molar-refractivity contribution in [1.82, 2.24) is 0 Å². The topological polar surface area (TPSA) is 0 Å². The Kier molecular flexibility index (Phi) is 2.77. The van der Waals surface area contributed by atoms with Gasteiger partial charge in [-0.3, -0.25) is 0 Å². The number of aryl methyl sites for hydroxylation is 3. The van der Waals surface area contributed by atoms with Crippen LogP contribution in [0.25, 0.3) is 10.8 Å². The molecule has 0 nitrogen and oxygen atoms in total. The van der Waals surface area contributed by atoms with Crippen LogP contribution in [0.5, 0.6) is 0 Å². The van der Waals surface area contributed by atoms with Crippen LogP contribution in [0.2, 0.25) is 0 Å². The highest BCUT2D eigenvalue weighted by Gasteiger charge is 2.04. The second kappa shape index (κ2) is 4.06. The van der Waals surface area contributed by atoms with Crippen molar-refractivity contribution < 1.29 is 0 Å². The van der Waals surface area contributed by atoms with Crippen LogP contribution < -0.4 is 0 Å². The Hall–Kier alpha value is -1.30. The highest BCUT2D eigenvalue weighted by Crippen LogP contribution is 2.26. The zero-order chi connectivity index (χ0) is 10.8. The quantitative estimate of drug-likeness (QED) is 0.670. The maximum absolute atomic E-state index is 2.28. The third-order valence-electron chi connectivity index (χ3n) is 3.07. The van der Waals surface area contributed by atoms with Crippen molar-refractivity contribution in [1.29, 1.82) is 0 Å². The van der Waals surface area contributed by atoms with Crippen LogP contribution in [-0.2, 0) is 6.42 Å². The predicted octanol–water partition coefficient (Wildman–Crippen LogP) is 4.41. The lowest BCUT2D eigenvalue weighted by Crippen LogP contribution is -1.90. The summed E-state index contributed by atoms with van der Waals surface area (Å²) in [7, 11) is 0. The summed E-state index contributed by atoms with van der Waals surface area (Å²) in [5.74, 6) is 0. The van der Waals surface area contributed by atoms with E-state index >= 15 is 0 Å². The molecule has 0 N–H and O–H groups in total. The second-order valence-corrected chi connectivity index (χ2v) is 4.29. The summed E-state index contributed by atoms with van der Waals surface area (Å²) in [5.41, 5.74) is 4.27. The van der Waals surface area contributed by atoms with E-state index in [1.807, 2.05) is 0 Å². The van der Waals surface area contributed by atoms with Gasteiger partial charge in [-0.25, -0.2) is 0 Å². The molecule has 15 heavy (non-hydrogen) atoms. The fourth-order valence-electron chi connectivity index (χ4n) is 2.34. The van der Waals surface area contributed by atoms with Gasteiger partial charge in [0.25, 0.3) is 0 Å². The molecule has 0 amide bonds. The lowest BCUT2D eigenvalue weighted by molar-refractivity contribution is 0.929. The molecule has 0 saturated heterocycles. The lowest BCUT2D eigenvalue weighted by Gasteiger charge is -2.10. The van der Waals surface area contributed by atoms with Gasteiger partial charge in [-0.2, -0.15) is 0 Å². The van der Waals surface area contributed by atoms with Gasteiger partial charge in [0.05, 0.1) is 0 Å². The third kappa shape index (κ3) is 1.77. The molecule has 2 aromatic rings. The SMILES string of the molecule is CCCc1ccc(C)c2c(C)cccc12. The van der Waals surface area contributed by atoms with Gasteiger partial charge in [0.1, 0.15) is 0 Å². The molecule has 0 aliphatic rings. The highest BCUT2D eigenvalue weighted by atomic mass is 14.1. The molecule has 0 spiro atoms.